The average molecular weight is 713 g/mol. The van der Waals surface area contributed by atoms with E-state index >= 15 is 0 Å². The highest BCUT2D eigenvalue weighted by Crippen LogP contribution is 2.40. The average Bonchev–Trinajstić information content (AvgIpc) is 3.09. The standard InChI is InChI=1S/C38H48N6O6Si/c1-24-22-44(23-32(43-37(46)47)35(24)50-51(5,6)38(2,3)4)33-13-16-39-21-31(33)42-36(45)29-11-9-25-7-8-26(19-30(25)41-29)27-10-12-34(40-20-27)49-28-14-17-48-18-15-28/h7-13,16,19-21,24,28,32,35,43H,14-15,17-18,22-23H2,1-6H3,(H,42,45)(H,46,47)/t24-,32+,35-/m0/s1. The Morgan fingerprint density at radius 2 is 1.75 bits per heavy atom. The second-order valence-corrected chi connectivity index (χ2v) is 19.8. The predicted octanol–water partition coefficient (Wildman–Crippen LogP) is 6.98. The second-order valence-electron chi connectivity index (χ2n) is 15.0. The van der Waals surface area contributed by atoms with Crippen molar-refractivity contribution in [3.8, 4) is 17.0 Å². The van der Waals surface area contributed by atoms with Crippen molar-refractivity contribution in [2.45, 2.75) is 76.9 Å². The van der Waals surface area contributed by atoms with Crippen molar-refractivity contribution in [3.05, 3.63) is 72.8 Å². The van der Waals surface area contributed by atoms with Crippen molar-refractivity contribution in [2.75, 3.05) is 36.5 Å². The number of fused-ring (bicyclic) bond motifs is 1. The van der Waals surface area contributed by atoms with Crippen LogP contribution in [0.15, 0.2) is 67.1 Å². The van der Waals surface area contributed by atoms with E-state index in [9.17, 15) is 14.7 Å². The van der Waals surface area contributed by atoms with E-state index in [1.54, 1.807) is 24.7 Å². The van der Waals surface area contributed by atoms with Crippen molar-refractivity contribution >= 4 is 42.6 Å². The smallest absolute Gasteiger partial charge is 0.405 e. The number of rotatable bonds is 9. The molecule has 4 aromatic rings. The number of carbonyl (C=O) groups excluding carboxylic acids is 1. The fourth-order valence-electron chi connectivity index (χ4n) is 6.42. The Morgan fingerprint density at radius 1 is 1.00 bits per heavy atom. The second kappa shape index (κ2) is 14.9. The number of anilines is 2. The minimum absolute atomic E-state index is 0.00344. The molecule has 270 valence electrons. The molecule has 2 aliphatic heterocycles. The molecule has 0 aliphatic carbocycles. The molecule has 2 saturated heterocycles. The summed E-state index contributed by atoms with van der Waals surface area (Å²) in [7, 11) is -2.19. The number of carbonyl (C=O) groups is 2. The van der Waals surface area contributed by atoms with Crippen LogP contribution in [0, 0.1) is 5.92 Å². The zero-order chi connectivity index (χ0) is 36.3. The van der Waals surface area contributed by atoms with Crippen LogP contribution in [-0.2, 0) is 9.16 Å². The van der Waals surface area contributed by atoms with Crippen molar-refractivity contribution in [2.24, 2.45) is 5.92 Å². The van der Waals surface area contributed by atoms with E-state index in [0.717, 1.165) is 35.0 Å². The third-order valence-electron chi connectivity index (χ3n) is 10.3. The molecule has 0 saturated carbocycles. The van der Waals surface area contributed by atoms with Crippen LogP contribution < -0.4 is 20.3 Å². The van der Waals surface area contributed by atoms with Gasteiger partial charge in [-0.05, 0) is 48.0 Å². The number of carboxylic acid groups (broad SMARTS) is 1. The molecule has 1 aromatic carbocycles. The van der Waals surface area contributed by atoms with Crippen molar-refractivity contribution < 1.29 is 28.6 Å². The van der Waals surface area contributed by atoms with Gasteiger partial charge in [-0.2, -0.15) is 0 Å². The van der Waals surface area contributed by atoms with Crippen molar-refractivity contribution in [1.29, 1.82) is 0 Å². The van der Waals surface area contributed by atoms with E-state index in [1.165, 1.54) is 0 Å². The summed E-state index contributed by atoms with van der Waals surface area (Å²) < 4.78 is 18.2. The maximum Gasteiger partial charge on any atom is 0.405 e. The molecule has 3 aromatic heterocycles. The Bertz CT molecular complexity index is 1860. The number of pyridine rings is 3. The SMILES string of the molecule is C[C@H]1CN(c2ccncc2NC(=O)c2ccc3ccc(-c4ccc(OC5CCOCC5)nc4)cc3n2)C[C@@H](NC(=O)O)[C@H]1O[Si](C)(C)C(C)(C)C. The summed E-state index contributed by atoms with van der Waals surface area (Å²) in [6.45, 7) is 15.4. The van der Waals surface area contributed by atoms with Gasteiger partial charge in [0.15, 0.2) is 8.32 Å². The predicted molar refractivity (Wildman–Crippen MR) is 200 cm³/mol. The zero-order valence-electron chi connectivity index (χ0n) is 30.2. The van der Waals surface area contributed by atoms with Crippen molar-refractivity contribution in [3.63, 3.8) is 0 Å². The van der Waals surface area contributed by atoms with Gasteiger partial charge in [0, 0.05) is 61.3 Å². The molecular formula is C38H48N6O6Si. The molecule has 5 heterocycles. The van der Waals surface area contributed by atoms with Gasteiger partial charge in [0.25, 0.3) is 5.91 Å². The molecule has 2 aliphatic rings. The van der Waals surface area contributed by atoms with Gasteiger partial charge in [-0.3, -0.25) is 9.78 Å². The monoisotopic (exact) mass is 712 g/mol. The fourth-order valence-corrected chi connectivity index (χ4v) is 7.85. The minimum Gasteiger partial charge on any atom is -0.474 e. The zero-order valence-corrected chi connectivity index (χ0v) is 31.2. The van der Waals surface area contributed by atoms with Crippen LogP contribution in [0.5, 0.6) is 5.88 Å². The largest absolute Gasteiger partial charge is 0.474 e. The number of ether oxygens (including phenoxy) is 2. The summed E-state index contributed by atoms with van der Waals surface area (Å²) in [6, 6.07) is 14.7. The summed E-state index contributed by atoms with van der Waals surface area (Å²) in [5.74, 6) is 0.214. The lowest BCUT2D eigenvalue weighted by atomic mass is 9.92. The molecule has 0 spiro atoms. The Morgan fingerprint density at radius 3 is 2.45 bits per heavy atom. The van der Waals surface area contributed by atoms with Gasteiger partial charge < -0.3 is 34.5 Å². The highest BCUT2D eigenvalue weighted by molar-refractivity contribution is 6.74. The molecule has 3 N–H and O–H groups in total. The third kappa shape index (κ3) is 8.49. The van der Waals surface area contributed by atoms with Crippen LogP contribution in [0.1, 0.15) is 51.0 Å². The van der Waals surface area contributed by atoms with E-state index < -0.39 is 20.5 Å². The van der Waals surface area contributed by atoms with E-state index in [2.05, 4.69) is 66.3 Å². The molecule has 2 fully saturated rings. The Kier molecular flexibility index (Phi) is 10.6. The van der Waals surface area contributed by atoms with Gasteiger partial charge in [-0.1, -0.05) is 45.9 Å². The van der Waals surface area contributed by atoms with Gasteiger partial charge in [0.1, 0.15) is 11.8 Å². The molecule has 13 heteroatoms. The first-order chi connectivity index (χ1) is 24.3. The number of nitrogens with one attached hydrogen (secondary N) is 2. The molecule has 0 radical (unpaired) electrons. The normalized spacial score (nSPS) is 20.2. The van der Waals surface area contributed by atoms with Gasteiger partial charge in [0.2, 0.25) is 5.88 Å². The van der Waals surface area contributed by atoms with Gasteiger partial charge in [-0.25, -0.2) is 14.8 Å². The first kappa shape index (κ1) is 36.2. The topological polar surface area (TPSA) is 148 Å². The lowest BCUT2D eigenvalue weighted by Crippen LogP contribution is -2.62. The molecule has 12 nitrogen and oxygen atoms in total. The van der Waals surface area contributed by atoms with Crippen LogP contribution in [-0.4, -0.2) is 84.9 Å². The number of amides is 2. The fraction of sp³-hybridized carbons (Fsp3) is 0.447. The first-order valence-corrected chi connectivity index (χ1v) is 20.5. The number of hydrogen-bond donors (Lipinski definition) is 3. The quantitative estimate of drug-likeness (QED) is 0.155. The number of aromatic nitrogens is 3. The maximum absolute atomic E-state index is 13.7. The molecule has 51 heavy (non-hydrogen) atoms. The van der Waals surface area contributed by atoms with E-state index in [4.69, 9.17) is 18.9 Å². The van der Waals surface area contributed by atoms with Gasteiger partial charge >= 0.3 is 6.09 Å². The summed E-state index contributed by atoms with van der Waals surface area (Å²) in [6.07, 6.45) is 5.50. The van der Waals surface area contributed by atoms with Crippen LogP contribution in [0.3, 0.4) is 0 Å². The highest BCUT2D eigenvalue weighted by atomic mass is 28.4. The minimum atomic E-state index is -2.19. The molecule has 2 amide bonds. The summed E-state index contributed by atoms with van der Waals surface area (Å²) in [5.41, 5.74) is 4.02. The summed E-state index contributed by atoms with van der Waals surface area (Å²) in [4.78, 5) is 41.2. The Hall–Kier alpha value is -4.59. The first-order valence-electron chi connectivity index (χ1n) is 17.6. The highest BCUT2D eigenvalue weighted by Gasteiger charge is 2.45. The van der Waals surface area contributed by atoms with Crippen LogP contribution in [0.2, 0.25) is 18.1 Å². The Balaban J connectivity index is 1.18. The van der Waals surface area contributed by atoms with Crippen molar-refractivity contribution in [1.82, 2.24) is 20.3 Å². The Labute approximate surface area is 300 Å². The number of benzene rings is 1. The molecule has 3 atom stereocenters. The number of hydrogen-bond acceptors (Lipinski definition) is 9. The van der Waals surface area contributed by atoms with Crippen LogP contribution >= 0.6 is 0 Å². The third-order valence-corrected chi connectivity index (χ3v) is 14.7. The molecule has 0 bridgehead atoms. The summed E-state index contributed by atoms with van der Waals surface area (Å²) >= 11 is 0. The lowest BCUT2D eigenvalue weighted by molar-refractivity contribution is 0.0237. The number of nitrogens with zero attached hydrogens (tertiary/aromatic N) is 4. The lowest BCUT2D eigenvalue weighted by Gasteiger charge is -2.48. The molecular weight excluding hydrogens is 665 g/mol. The van der Waals surface area contributed by atoms with E-state index in [1.807, 2.05) is 42.5 Å². The van der Waals surface area contributed by atoms with Gasteiger partial charge in [-0.15, -0.1) is 0 Å². The van der Waals surface area contributed by atoms with E-state index in [0.29, 0.717) is 43.4 Å². The summed E-state index contributed by atoms with van der Waals surface area (Å²) in [5, 5.41) is 16.4. The molecule has 0 unspecified atom stereocenters. The van der Waals surface area contributed by atoms with E-state index in [-0.39, 0.29) is 34.8 Å². The van der Waals surface area contributed by atoms with Crippen LogP contribution in [0.4, 0.5) is 16.2 Å². The maximum atomic E-state index is 13.7. The van der Waals surface area contributed by atoms with Gasteiger partial charge in [0.05, 0.1) is 48.4 Å². The molecule has 6 rings (SSSR count). The number of piperidine rings is 1. The van der Waals surface area contributed by atoms with Crippen LogP contribution in [0.25, 0.3) is 22.0 Å².